The number of ether oxygens (including phenoxy) is 1. The Morgan fingerprint density at radius 2 is 2.00 bits per heavy atom. The van der Waals surface area contributed by atoms with Crippen LogP contribution in [0, 0.1) is 0 Å². The van der Waals surface area contributed by atoms with Crippen molar-refractivity contribution in [1.29, 1.82) is 0 Å². The highest BCUT2D eigenvalue weighted by atomic mass is 16.6. The summed E-state index contributed by atoms with van der Waals surface area (Å²) in [7, 11) is 0. The summed E-state index contributed by atoms with van der Waals surface area (Å²) in [4.78, 5) is 0. The van der Waals surface area contributed by atoms with Gasteiger partial charge >= 0.3 is 0 Å². The van der Waals surface area contributed by atoms with Crippen LogP contribution in [-0.2, 0) is 4.74 Å². The van der Waals surface area contributed by atoms with E-state index in [-0.39, 0.29) is 6.61 Å². The molecular weight excluding hydrogens is 238 g/mol. The van der Waals surface area contributed by atoms with Crippen LogP contribution >= 0.6 is 0 Å². The largest absolute Gasteiger partial charge is 0.394 e. The molecule has 4 unspecified atom stereocenters. The smallest absolute Gasteiger partial charge is 0.181 e. The number of para-hydroxylation sites is 1. The van der Waals surface area contributed by atoms with Crippen LogP contribution in [-0.4, -0.2) is 55.2 Å². The minimum absolute atomic E-state index is 0.360. The molecule has 0 saturated carbocycles. The lowest BCUT2D eigenvalue weighted by Gasteiger charge is -2.14. The van der Waals surface area contributed by atoms with Crippen molar-refractivity contribution in [2.75, 3.05) is 6.61 Å². The molecule has 1 saturated heterocycles. The number of nitrogens with zero attached hydrogens (tertiary/aromatic N) is 3. The second-order valence-corrected chi connectivity index (χ2v) is 4.25. The summed E-state index contributed by atoms with van der Waals surface area (Å²) in [5.74, 6) is 0. The summed E-state index contributed by atoms with van der Waals surface area (Å²) in [6.45, 7) is -0.360. The van der Waals surface area contributed by atoms with Crippen LogP contribution in [0.3, 0.4) is 0 Å². The molecule has 0 amide bonds. The Hall–Kier alpha value is -1.54. The molecule has 4 atom stereocenters. The molecule has 1 aromatic heterocycles. The molecule has 2 heterocycles. The van der Waals surface area contributed by atoms with Crippen molar-refractivity contribution in [3.8, 4) is 0 Å². The Bertz CT molecular complexity index is 558. The first-order valence-corrected chi connectivity index (χ1v) is 5.65. The van der Waals surface area contributed by atoms with E-state index in [0.29, 0.717) is 11.0 Å². The summed E-state index contributed by atoms with van der Waals surface area (Å²) >= 11 is 0. The van der Waals surface area contributed by atoms with E-state index in [9.17, 15) is 10.2 Å². The number of aliphatic hydroxyl groups is 3. The van der Waals surface area contributed by atoms with Crippen molar-refractivity contribution >= 4 is 11.0 Å². The highest BCUT2D eigenvalue weighted by molar-refractivity contribution is 5.73. The Morgan fingerprint density at radius 3 is 2.72 bits per heavy atom. The first-order valence-electron chi connectivity index (χ1n) is 5.65. The summed E-state index contributed by atoms with van der Waals surface area (Å²) in [5, 5.41) is 36.5. The van der Waals surface area contributed by atoms with Gasteiger partial charge in [-0.1, -0.05) is 17.3 Å². The van der Waals surface area contributed by atoms with Gasteiger partial charge in [-0.15, -0.1) is 5.10 Å². The van der Waals surface area contributed by atoms with Gasteiger partial charge in [-0.3, -0.25) is 0 Å². The highest BCUT2D eigenvalue weighted by Gasteiger charge is 2.44. The van der Waals surface area contributed by atoms with Crippen molar-refractivity contribution in [2.24, 2.45) is 0 Å². The molecule has 18 heavy (non-hydrogen) atoms. The highest BCUT2D eigenvalue weighted by Crippen LogP contribution is 2.30. The van der Waals surface area contributed by atoms with E-state index in [4.69, 9.17) is 9.84 Å². The van der Waals surface area contributed by atoms with Crippen LogP contribution < -0.4 is 0 Å². The normalized spacial score (nSPS) is 32.2. The van der Waals surface area contributed by atoms with Crippen LogP contribution in [0.1, 0.15) is 6.23 Å². The van der Waals surface area contributed by atoms with E-state index in [2.05, 4.69) is 10.3 Å². The number of benzene rings is 1. The topological polar surface area (TPSA) is 101 Å². The first kappa shape index (κ1) is 11.5. The van der Waals surface area contributed by atoms with Gasteiger partial charge in [0.15, 0.2) is 6.23 Å². The molecule has 0 radical (unpaired) electrons. The number of aromatic nitrogens is 3. The standard InChI is InChI=1S/C11H13N3O4/c15-5-8-9(16)10(17)11(18-8)14-7-4-2-1-3-6(7)12-13-14/h1-4,8-11,15-17H,5H2. The molecule has 0 aliphatic carbocycles. The molecular formula is C11H13N3O4. The third kappa shape index (κ3) is 1.60. The summed E-state index contributed by atoms with van der Waals surface area (Å²) in [6, 6.07) is 7.24. The zero-order valence-corrected chi connectivity index (χ0v) is 9.42. The Kier molecular flexibility index (Phi) is 2.75. The Balaban J connectivity index is 2.00. The maximum absolute atomic E-state index is 9.92. The minimum atomic E-state index is -1.15. The van der Waals surface area contributed by atoms with Crippen molar-refractivity contribution < 1.29 is 20.1 Å². The van der Waals surface area contributed by atoms with Crippen LogP contribution in [0.5, 0.6) is 0 Å². The zero-order chi connectivity index (χ0) is 12.7. The van der Waals surface area contributed by atoms with Crippen molar-refractivity contribution in [1.82, 2.24) is 15.0 Å². The van der Waals surface area contributed by atoms with Gasteiger partial charge in [-0.05, 0) is 12.1 Å². The number of aliphatic hydroxyl groups excluding tert-OH is 3. The summed E-state index contributed by atoms with van der Waals surface area (Å²) in [5.41, 5.74) is 1.38. The van der Waals surface area contributed by atoms with Gasteiger partial charge in [-0.2, -0.15) is 0 Å². The molecule has 0 spiro atoms. The predicted octanol–water partition coefficient (Wildman–Crippen LogP) is -0.957. The van der Waals surface area contributed by atoms with E-state index in [1.54, 1.807) is 12.1 Å². The summed E-state index contributed by atoms with van der Waals surface area (Å²) < 4.78 is 6.81. The molecule has 3 rings (SSSR count). The van der Waals surface area contributed by atoms with Gasteiger partial charge in [0, 0.05) is 0 Å². The fraction of sp³-hybridized carbons (Fsp3) is 0.455. The van der Waals surface area contributed by atoms with Gasteiger partial charge in [0.05, 0.1) is 12.1 Å². The summed E-state index contributed by atoms with van der Waals surface area (Å²) in [6.07, 6.45) is -3.94. The van der Waals surface area contributed by atoms with E-state index < -0.39 is 24.5 Å². The molecule has 0 bridgehead atoms. The van der Waals surface area contributed by atoms with Crippen molar-refractivity contribution in [2.45, 2.75) is 24.5 Å². The molecule has 96 valence electrons. The molecule has 2 aromatic rings. The molecule has 1 aromatic carbocycles. The molecule has 1 fully saturated rings. The fourth-order valence-corrected chi connectivity index (χ4v) is 2.16. The molecule has 3 N–H and O–H groups in total. The monoisotopic (exact) mass is 251 g/mol. The van der Waals surface area contributed by atoms with Crippen LogP contribution in [0.15, 0.2) is 24.3 Å². The third-order valence-corrected chi connectivity index (χ3v) is 3.14. The maximum Gasteiger partial charge on any atom is 0.181 e. The van der Waals surface area contributed by atoms with Gasteiger partial charge in [0.25, 0.3) is 0 Å². The lowest BCUT2D eigenvalue weighted by atomic mass is 10.1. The number of fused-ring (bicyclic) bond motifs is 1. The lowest BCUT2D eigenvalue weighted by Crippen LogP contribution is -2.33. The van der Waals surface area contributed by atoms with E-state index in [1.165, 1.54) is 4.68 Å². The fourth-order valence-electron chi connectivity index (χ4n) is 2.16. The van der Waals surface area contributed by atoms with Gasteiger partial charge in [0.2, 0.25) is 0 Å². The molecule has 7 nitrogen and oxygen atoms in total. The van der Waals surface area contributed by atoms with Crippen molar-refractivity contribution in [3.05, 3.63) is 24.3 Å². The second-order valence-electron chi connectivity index (χ2n) is 4.25. The lowest BCUT2D eigenvalue weighted by molar-refractivity contribution is -0.0572. The maximum atomic E-state index is 9.92. The average Bonchev–Trinajstić information content (AvgIpc) is 2.93. The first-order chi connectivity index (χ1) is 8.72. The van der Waals surface area contributed by atoms with Crippen molar-refractivity contribution in [3.63, 3.8) is 0 Å². The molecule has 1 aliphatic rings. The quantitative estimate of drug-likeness (QED) is 0.635. The van der Waals surface area contributed by atoms with E-state index >= 15 is 0 Å². The molecule has 7 heteroatoms. The molecule has 1 aliphatic heterocycles. The minimum Gasteiger partial charge on any atom is -0.394 e. The number of hydrogen-bond donors (Lipinski definition) is 3. The van der Waals surface area contributed by atoms with Crippen LogP contribution in [0.25, 0.3) is 11.0 Å². The number of hydrogen-bond acceptors (Lipinski definition) is 6. The SMILES string of the molecule is OCC1OC(n2nnc3ccccc32)C(O)C1O. The van der Waals surface area contributed by atoms with E-state index in [0.717, 1.165) is 0 Å². The van der Waals surface area contributed by atoms with Gasteiger partial charge in [0.1, 0.15) is 23.8 Å². The number of rotatable bonds is 2. The predicted molar refractivity (Wildman–Crippen MR) is 60.5 cm³/mol. The Morgan fingerprint density at radius 1 is 1.22 bits per heavy atom. The zero-order valence-electron chi connectivity index (χ0n) is 9.42. The Labute approximate surface area is 102 Å². The van der Waals surface area contributed by atoms with Gasteiger partial charge < -0.3 is 20.1 Å². The third-order valence-electron chi connectivity index (χ3n) is 3.14. The average molecular weight is 251 g/mol. The van der Waals surface area contributed by atoms with Gasteiger partial charge in [-0.25, -0.2) is 4.68 Å². The van der Waals surface area contributed by atoms with E-state index in [1.807, 2.05) is 12.1 Å². The second kappa shape index (κ2) is 4.29. The van der Waals surface area contributed by atoms with Crippen LogP contribution in [0.4, 0.5) is 0 Å². The van der Waals surface area contributed by atoms with Crippen LogP contribution in [0.2, 0.25) is 0 Å².